The van der Waals surface area contributed by atoms with E-state index in [9.17, 15) is 5.11 Å². The number of ether oxygens (including phenoxy) is 2. The Morgan fingerprint density at radius 1 is 1.16 bits per heavy atom. The van der Waals surface area contributed by atoms with Gasteiger partial charge in [0.05, 0.1) is 14.2 Å². The van der Waals surface area contributed by atoms with Crippen LogP contribution in [0.2, 0.25) is 5.02 Å². The predicted octanol–water partition coefficient (Wildman–Crippen LogP) is 2.23. The van der Waals surface area contributed by atoms with Crippen molar-refractivity contribution < 1.29 is 14.6 Å². The van der Waals surface area contributed by atoms with Crippen LogP contribution in [0.3, 0.4) is 0 Å². The first-order valence-corrected chi connectivity index (χ1v) is 5.91. The zero-order chi connectivity index (χ0) is 13.8. The van der Waals surface area contributed by atoms with Gasteiger partial charge in [0, 0.05) is 23.0 Å². The van der Waals surface area contributed by atoms with Gasteiger partial charge in [0.15, 0.2) is 0 Å². The minimum atomic E-state index is -1.00. The number of halogens is 1. The van der Waals surface area contributed by atoms with Gasteiger partial charge in [-0.3, -0.25) is 4.98 Å². The minimum Gasteiger partial charge on any atom is -0.496 e. The van der Waals surface area contributed by atoms with Crippen molar-refractivity contribution in [3.8, 4) is 11.6 Å². The summed E-state index contributed by atoms with van der Waals surface area (Å²) in [4.78, 5) is 8.10. The molecule has 0 aliphatic rings. The third-order valence-corrected chi connectivity index (χ3v) is 2.87. The number of benzene rings is 1. The zero-order valence-electron chi connectivity index (χ0n) is 10.5. The highest BCUT2D eigenvalue weighted by molar-refractivity contribution is 6.30. The normalized spacial score (nSPS) is 12.0. The maximum atomic E-state index is 10.4. The topological polar surface area (TPSA) is 64.5 Å². The van der Waals surface area contributed by atoms with Crippen LogP contribution in [-0.2, 0) is 0 Å². The Kier molecular flexibility index (Phi) is 4.19. The molecular formula is C13H13ClN2O3. The number of methoxy groups -OCH3 is 2. The Hall–Kier alpha value is -1.85. The SMILES string of the molecule is COc1cc(Cl)ccc1C(O)c1nccnc1OC. The smallest absolute Gasteiger partial charge is 0.238 e. The summed E-state index contributed by atoms with van der Waals surface area (Å²) in [5, 5.41) is 10.9. The van der Waals surface area contributed by atoms with Crippen LogP contribution in [0.15, 0.2) is 30.6 Å². The number of aliphatic hydroxyl groups excluding tert-OH is 1. The monoisotopic (exact) mass is 280 g/mol. The van der Waals surface area contributed by atoms with E-state index in [0.29, 0.717) is 22.0 Å². The summed E-state index contributed by atoms with van der Waals surface area (Å²) in [6.07, 6.45) is 1.98. The number of rotatable bonds is 4. The zero-order valence-corrected chi connectivity index (χ0v) is 11.3. The maximum absolute atomic E-state index is 10.4. The summed E-state index contributed by atoms with van der Waals surface area (Å²) >= 11 is 5.89. The number of aliphatic hydroxyl groups is 1. The van der Waals surface area contributed by atoms with Crippen molar-refractivity contribution in [2.24, 2.45) is 0 Å². The van der Waals surface area contributed by atoms with Crippen LogP contribution in [-0.4, -0.2) is 29.3 Å². The van der Waals surface area contributed by atoms with Crippen molar-refractivity contribution in [3.05, 3.63) is 46.9 Å². The second-order valence-corrected chi connectivity index (χ2v) is 4.18. The third kappa shape index (κ3) is 2.77. The number of hydrogen-bond acceptors (Lipinski definition) is 5. The number of nitrogens with zero attached hydrogens (tertiary/aromatic N) is 2. The molecule has 0 aliphatic heterocycles. The summed E-state index contributed by atoms with van der Waals surface area (Å²) in [5.41, 5.74) is 0.872. The summed E-state index contributed by atoms with van der Waals surface area (Å²) in [7, 11) is 2.98. The molecular weight excluding hydrogens is 268 g/mol. The van der Waals surface area contributed by atoms with Gasteiger partial charge in [0.1, 0.15) is 17.5 Å². The second kappa shape index (κ2) is 5.86. The van der Waals surface area contributed by atoms with E-state index < -0.39 is 6.10 Å². The molecule has 1 heterocycles. The highest BCUT2D eigenvalue weighted by Crippen LogP contribution is 2.33. The second-order valence-electron chi connectivity index (χ2n) is 3.74. The van der Waals surface area contributed by atoms with E-state index in [4.69, 9.17) is 21.1 Å². The molecule has 100 valence electrons. The predicted molar refractivity (Wildman–Crippen MR) is 70.6 cm³/mol. The van der Waals surface area contributed by atoms with Crippen molar-refractivity contribution in [1.82, 2.24) is 9.97 Å². The Balaban J connectivity index is 2.46. The van der Waals surface area contributed by atoms with Crippen molar-refractivity contribution in [2.75, 3.05) is 14.2 Å². The molecule has 5 nitrogen and oxygen atoms in total. The van der Waals surface area contributed by atoms with E-state index >= 15 is 0 Å². The summed E-state index contributed by atoms with van der Waals surface area (Å²) in [6.45, 7) is 0. The van der Waals surface area contributed by atoms with Gasteiger partial charge in [-0.05, 0) is 12.1 Å². The molecule has 1 N–H and O–H groups in total. The Morgan fingerprint density at radius 3 is 2.58 bits per heavy atom. The minimum absolute atomic E-state index is 0.270. The number of aromatic nitrogens is 2. The maximum Gasteiger partial charge on any atom is 0.238 e. The van der Waals surface area contributed by atoms with E-state index in [1.807, 2.05) is 0 Å². The molecule has 2 rings (SSSR count). The Bertz CT molecular complexity index is 578. The van der Waals surface area contributed by atoms with Crippen molar-refractivity contribution in [2.45, 2.75) is 6.10 Å². The van der Waals surface area contributed by atoms with Gasteiger partial charge in [-0.25, -0.2) is 4.98 Å². The molecule has 0 radical (unpaired) electrons. The van der Waals surface area contributed by atoms with E-state index in [0.717, 1.165) is 0 Å². The van der Waals surface area contributed by atoms with Gasteiger partial charge >= 0.3 is 0 Å². The van der Waals surface area contributed by atoms with E-state index in [2.05, 4.69) is 9.97 Å². The first-order valence-electron chi connectivity index (χ1n) is 5.53. The summed E-state index contributed by atoms with van der Waals surface area (Å²) in [5.74, 6) is 0.750. The molecule has 0 bridgehead atoms. The molecule has 1 aromatic carbocycles. The van der Waals surface area contributed by atoms with Crippen molar-refractivity contribution >= 4 is 11.6 Å². The lowest BCUT2D eigenvalue weighted by Crippen LogP contribution is -2.07. The lowest BCUT2D eigenvalue weighted by molar-refractivity contribution is 0.202. The molecule has 0 saturated carbocycles. The summed E-state index contributed by atoms with van der Waals surface area (Å²) < 4.78 is 10.3. The fourth-order valence-electron chi connectivity index (χ4n) is 1.74. The third-order valence-electron chi connectivity index (χ3n) is 2.63. The molecule has 2 aromatic rings. The Morgan fingerprint density at radius 2 is 1.89 bits per heavy atom. The van der Waals surface area contributed by atoms with Gasteiger partial charge in [-0.2, -0.15) is 0 Å². The quantitative estimate of drug-likeness (QED) is 0.930. The molecule has 0 amide bonds. The molecule has 0 fully saturated rings. The summed E-state index contributed by atoms with van der Waals surface area (Å²) in [6, 6.07) is 4.98. The molecule has 1 atom stereocenters. The molecule has 6 heteroatoms. The fourth-order valence-corrected chi connectivity index (χ4v) is 1.90. The van der Waals surface area contributed by atoms with E-state index in [1.165, 1.54) is 26.6 Å². The van der Waals surface area contributed by atoms with Crippen LogP contribution < -0.4 is 9.47 Å². The van der Waals surface area contributed by atoms with Gasteiger partial charge in [0.2, 0.25) is 5.88 Å². The molecule has 0 spiro atoms. The van der Waals surface area contributed by atoms with Gasteiger partial charge in [-0.1, -0.05) is 17.7 Å². The first-order chi connectivity index (χ1) is 9.17. The standard InChI is InChI=1S/C13H13ClN2O3/c1-18-10-7-8(14)3-4-9(10)12(17)11-13(19-2)16-6-5-15-11/h3-7,12,17H,1-2H3. The van der Waals surface area contributed by atoms with Crippen LogP contribution in [0, 0.1) is 0 Å². The molecule has 0 aliphatic carbocycles. The highest BCUT2D eigenvalue weighted by Gasteiger charge is 2.21. The highest BCUT2D eigenvalue weighted by atomic mass is 35.5. The van der Waals surface area contributed by atoms with E-state index in [-0.39, 0.29) is 5.88 Å². The molecule has 0 saturated heterocycles. The first kappa shape index (κ1) is 13.6. The van der Waals surface area contributed by atoms with Crippen LogP contribution in [0.25, 0.3) is 0 Å². The lowest BCUT2D eigenvalue weighted by Gasteiger charge is -2.16. The molecule has 1 aromatic heterocycles. The Labute approximate surface area is 115 Å². The van der Waals surface area contributed by atoms with Gasteiger partial charge in [-0.15, -0.1) is 0 Å². The van der Waals surface area contributed by atoms with Crippen molar-refractivity contribution in [1.29, 1.82) is 0 Å². The van der Waals surface area contributed by atoms with Crippen molar-refractivity contribution in [3.63, 3.8) is 0 Å². The largest absolute Gasteiger partial charge is 0.496 e. The fraction of sp³-hybridized carbons (Fsp3) is 0.231. The van der Waals surface area contributed by atoms with Crippen LogP contribution >= 0.6 is 11.6 Å². The molecule has 19 heavy (non-hydrogen) atoms. The van der Waals surface area contributed by atoms with Gasteiger partial charge in [0.25, 0.3) is 0 Å². The number of hydrogen-bond donors (Lipinski definition) is 1. The van der Waals surface area contributed by atoms with E-state index in [1.54, 1.807) is 18.2 Å². The van der Waals surface area contributed by atoms with Crippen LogP contribution in [0.5, 0.6) is 11.6 Å². The van der Waals surface area contributed by atoms with Crippen LogP contribution in [0.1, 0.15) is 17.4 Å². The average Bonchev–Trinajstić information content (AvgIpc) is 2.46. The van der Waals surface area contributed by atoms with Gasteiger partial charge < -0.3 is 14.6 Å². The molecule has 1 unspecified atom stereocenters. The van der Waals surface area contributed by atoms with Crippen LogP contribution in [0.4, 0.5) is 0 Å². The lowest BCUT2D eigenvalue weighted by atomic mass is 10.1. The average molecular weight is 281 g/mol.